The molecule has 0 radical (unpaired) electrons. The van der Waals surface area contributed by atoms with E-state index in [0.29, 0.717) is 0 Å². The van der Waals surface area contributed by atoms with Crippen molar-refractivity contribution >= 4 is 15.9 Å². The van der Waals surface area contributed by atoms with Gasteiger partial charge < -0.3 is 5.73 Å². The van der Waals surface area contributed by atoms with E-state index in [2.05, 4.69) is 35.0 Å². The number of halogens is 1. The van der Waals surface area contributed by atoms with Crippen molar-refractivity contribution in [3.8, 4) is 0 Å². The third kappa shape index (κ3) is 1.10. The van der Waals surface area contributed by atoms with Crippen molar-refractivity contribution in [3.05, 3.63) is 33.3 Å². The van der Waals surface area contributed by atoms with E-state index in [4.69, 9.17) is 5.73 Å². The van der Waals surface area contributed by atoms with Gasteiger partial charge in [0.25, 0.3) is 0 Å². The van der Waals surface area contributed by atoms with Crippen LogP contribution in [-0.2, 0) is 6.42 Å². The SMILES string of the molecule is Cc1ccc(Br)c2c1C(N)CC2. The molecule has 1 atom stereocenters. The van der Waals surface area contributed by atoms with E-state index in [9.17, 15) is 0 Å². The maximum Gasteiger partial charge on any atom is 0.0303 e. The van der Waals surface area contributed by atoms with Gasteiger partial charge in [0.15, 0.2) is 0 Å². The van der Waals surface area contributed by atoms with Gasteiger partial charge in [-0.25, -0.2) is 0 Å². The lowest BCUT2D eigenvalue weighted by Gasteiger charge is -2.09. The van der Waals surface area contributed by atoms with E-state index in [-0.39, 0.29) is 6.04 Å². The zero-order valence-electron chi connectivity index (χ0n) is 7.10. The molecule has 2 rings (SSSR count). The Bertz CT molecular complexity index is 320. The van der Waals surface area contributed by atoms with E-state index < -0.39 is 0 Å². The predicted molar refractivity (Wildman–Crippen MR) is 54.1 cm³/mol. The summed E-state index contributed by atoms with van der Waals surface area (Å²) in [5.74, 6) is 0. The first-order chi connectivity index (χ1) is 5.70. The third-order valence-electron chi connectivity index (χ3n) is 2.59. The number of hydrogen-bond acceptors (Lipinski definition) is 1. The van der Waals surface area contributed by atoms with Crippen molar-refractivity contribution in [2.75, 3.05) is 0 Å². The highest BCUT2D eigenvalue weighted by atomic mass is 79.9. The van der Waals surface area contributed by atoms with Crippen LogP contribution in [0.2, 0.25) is 0 Å². The maximum atomic E-state index is 6.00. The second-order valence-electron chi connectivity index (χ2n) is 3.40. The highest BCUT2D eigenvalue weighted by Gasteiger charge is 2.22. The van der Waals surface area contributed by atoms with Crippen LogP contribution in [0.25, 0.3) is 0 Å². The molecule has 0 saturated carbocycles. The van der Waals surface area contributed by atoms with E-state index in [1.54, 1.807) is 0 Å². The topological polar surface area (TPSA) is 26.0 Å². The molecule has 1 aromatic rings. The molecule has 2 heteroatoms. The Morgan fingerprint density at radius 2 is 2.25 bits per heavy atom. The van der Waals surface area contributed by atoms with Crippen molar-refractivity contribution < 1.29 is 0 Å². The second-order valence-corrected chi connectivity index (χ2v) is 4.26. The summed E-state index contributed by atoms with van der Waals surface area (Å²) in [5.41, 5.74) is 10.1. The zero-order chi connectivity index (χ0) is 8.72. The van der Waals surface area contributed by atoms with E-state index in [0.717, 1.165) is 12.8 Å². The van der Waals surface area contributed by atoms with Gasteiger partial charge in [-0.15, -0.1) is 0 Å². The summed E-state index contributed by atoms with van der Waals surface area (Å²) in [6.07, 6.45) is 2.22. The average Bonchev–Trinajstić information content (AvgIpc) is 2.42. The first-order valence-electron chi connectivity index (χ1n) is 4.23. The predicted octanol–water partition coefficient (Wildman–Crippen LogP) is 2.70. The summed E-state index contributed by atoms with van der Waals surface area (Å²) < 4.78 is 1.22. The number of benzene rings is 1. The summed E-state index contributed by atoms with van der Waals surface area (Å²) in [5, 5.41) is 0. The molecule has 0 bridgehead atoms. The van der Waals surface area contributed by atoms with Gasteiger partial charge in [0, 0.05) is 10.5 Å². The molecule has 0 aliphatic heterocycles. The molecule has 1 aliphatic rings. The molecular formula is C10H12BrN. The molecule has 0 spiro atoms. The average molecular weight is 226 g/mol. The van der Waals surface area contributed by atoms with Gasteiger partial charge >= 0.3 is 0 Å². The van der Waals surface area contributed by atoms with Gasteiger partial charge in [0.1, 0.15) is 0 Å². The zero-order valence-corrected chi connectivity index (χ0v) is 8.69. The van der Waals surface area contributed by atoms with Crippen LogP contribution in [0, 0.1) is 6.92 Å². The molecule has 0 amide bonds. The first-order valence-corrected chi connectivity index (χ1v) is 5.03. The Hall–Kier alpha value is -0.340. The normalized spacial score (nSPS) is 21.1. The number of rotatable bonds is 0. The second kappa shape index (κ2) is 2.86. The van der Waals surface area contributed by atoms with Crippen molar-refractivity contribution in [1.82, 2.24) is 0 Å². The fourth-order valence-corrected chi connectivity index (χ4v) is 2.51. The molecule has 64 valence electrons. The Balaban J connectivity index is 2.64. The van der Waals surface area contributed by atoms with Gasteiger partial charge in [-0.2, -0.15) is 0 Å². The largest absolute Gasteiger partial charge is 0.324 e. The number of fused-ring (bicyclic) bond motifs is 1. The summed E-state index contributed by atoms with van der Waals surface area (Å²) >= 11 is 3.55. The number of hydrogen-bond donors (Lipinski definition) is 1. The Morgan fingerprint density at radius 3 is 2.92 bits per heavy atom. The van der Waals surface area contributed by atoms with Crippen LogP contribution < -0.4 is 5.73 Å². The molecule has 1 aliphatic carbocycles. The van der Waals surface area contributed by atoms with Gasteiger partial charge in [0.05, 0.1) is 0 Å². The van der Waals surface area contributed by atoms with Crippen LogP contribution in [0.15, 0.2) is 16.6 Å². The molecule has 1 unspecified atom stereocenters. The molecule has 0 heterocycles. The third-order valence-corrected chi connectivity index (χ3v) is 3.34. The lowest BCUT2D eigenvalue weighted by Crippen LogP contribution is -2.06. The molecule has 1 nitrogen and oxygen atoms in total. The summed E-state index contributed by atoms with van der Waals surface area (Å²) in [6, 6.07) is 4.51. The van der Waals surface area contributed by atoms with Gasteiger partial charge in [0.2, 0.25) is 0 Å². The fourth-order valence-electron chi connectivity index (χ4n) is 1.97. The van der Waals surface area contributed by atoms with E-state index >= 15 is 0 Å². The van der Waals surface area contributed by atoms with Crippen molar-refractivity contribution in [1.29, 1.82) is 0 Å². The summed E-state index contributed by atoms with van der Waals surface area (Å²) in [6.45, 7) is 2.14. The standard InChI is InChI=1S/C10H12BrN/c1-6-2-4-8(11)7-3-5-9(12)10(6)7/h2,4,9H,3,5,12H2,1H3. The summed E-state index contributed by atoms with van der Waals surface area (Å²) in [7, 11) is 0. The van der Waals surface area contributed by atoms with E-state index in [1.165, 1.54) is 21.2 Å². The van der Waals surface area contributed by atoms with Crippen molar-refractivity contribution in [2.24, 2.45) is 5.73 Å². The number of nitrogens with two attached hydrogens (primary N) is 1. The lowest BCUT2D eigenvalue weighted by atomic mass is 10.0. The van der Waals surface area contributed by atoms with Crippen molar-refractivity contribution in [2.45, 2.75) is 25.8 Å². The van der Waals surface area contributed by atoms with Crippen LogP contribution in [0.4, 0.5) is 0 Å². The molecule has 1 aromatic carbocycles. The molecule has 0 saturated heterocycles. The van der Waals surface area contributed by atoms with Gasteiger partial charge in [-0.1, -0.05) is 22.0 Å². The Morgan fingerprint density at radius 1 is 1.50 bits per heavy atom. The monoisotopic (exact) mass is 225 g/mol. The van der Waals surface area contributed by atoms with Crippen LogP contribution in [0.3, 0.4) is 0 Å². The van der Waals surface area contributed by atoms with Crippen LogP contribution in [0.5, 0.6) is 0 Å². The van der Waals surface area contributed by atoms with Crippen LogP contribution in [0.1, 0.15) is 29.2 Å². The Kier molecular flexibility index (Phi) is 1.97. The molecule has 2 N–H and O–H groups in total. The lowest BCUT2D eigenvalue weighted by molar-refractivity contribution is 0.710. The Labute approximate surface area is 81.1 Å². The fraction of sp³-hybridized carbons (Fsp3) is 0.400. The van der Waals surface area contributed by atoms with Gasteiger partial charge in [-0.3, -0.25) is 0 Å². The quantitative estimate of drug-likeness (QED) is 0.723. The molecular weight excluding hydrogens is 214 g/mol. The maximum absolute atomic E-state index is 6.00. The first kappa shape index (κ1) is 8.27. The molecule has 0 fully saturated rings. The number of aryl methyl sites for hydroxylation is 1. The van der Waals surface area contributed by atoms with E-state index in [1.807, 2.05) is 0 Å². The van der Waals surface area contributed by atoms with Crippen LogP contribution >= 0.6 is 15.9 Å². The smallest absolute Gasteiger partial charge is 0.0303 e. The minimum Gasteiger partial charge on any atom is -0.324 e. The minimum absolute atomic E-state index is 0.262. The van der Waals surface area contributed by atoms with Crippen LogP contribution in [-0.4, -0.2) is 0 Å². The minimum atomic E-state index is 0.262. The molecule has 12 heavy (non-hydrogen) atoms. The summed E-state index contributed by atoms with van der Waals surface area (Å²) in [4.78, 5) is 0. The highest BCUT2D eigenvalue weighted by Crippen LogP contribution is 2.36. The van der Waals surface area contributed by atoms with Crippen molar-refractivity contribution in [3.63, 3.8) is 0 Å². The van der Waals surface area contributed by atoms with Gasteiger partial charge in [-0.05, 0) is 42.5 Å². The highest BCUT2D eigenvalue weighted by molar-refractivity contribution is 9.10. The molecule has 0 aromatic heterocycles.